The molecule has 0 fully saturated rings. The molecule has 0 spiro atoms. The van der Waals surface area contributed by atoms with E-state index >= 15 is 0 Å². The van der Waals surface area contributed by atoms with E-state index in [2.05, 4.69) is 0 Å². The van der Waals surface area contributed by atoms with Gasteiger partial charge in [-0.25, -0.2) is 0 Å². The van der Waals surface area contributed by atoms with Gasteiger partial charge < -0.3 is 5.73 Å². The quantitative estimate of drug-likeness (QED) is 0.886. The van der Waals surface area contributed by atoms with Crippen molar-refractivity contribution in [2.24, 2.45) is 5.73 Å². The number of benzene rings is 1. The fourth-order valence-electron chi connectivity index (χ4n) is 1.46. The first-order chi connectivity index (χ1) is 7.73. The van der Waals surface area contributed by atoms with Crippen molar-refractivity contribution < 1.29 is 18.0 Å². The average Bonchev–Trinajstić information content (AvgIpc) is 2.26. The number of alkyl halides is 3. The van der Waals surface area contributed by atoms with Gasteiger partial charge >= 0.3 is 6.18 Å². The molecule has 0 heterocycles. The zero-order valence-corrected chi connectivity index (χ0v) is 9.42. The largest absolute Gasteiger partial charge is 0.389 e. The van der Waals surface area contributed by atoms with E-state index in [0.29, 0.717) is 5.56 Å². The molecule has 5 heteroatoms. The Kier molecular flexibility index (Phi) is 3.93. The van der Waals surface area contributed by atoms with Crippen molar-refractivity contribution in [3.63, 3.8) is 0 Å². The number of halogens is 3. The van der Waals surface area contributed by atoms with Gasteiger partial charge in [0.25, 0.3) is 0 Å². The van der Waals surface area contributed by atoms with Gasteiger partial charge in [0.15, 0.2) is 5.78 Å². The average molecular weight is 245 g/mol. The molecule has 2 nitrogen and oxygen atoms in total. The van der Waals surface area contributed by atoms with Crippen molar-refractivity contribution in [1.82, 2.24) is 0 Å². The maximum atomic E-state index is 12.0. The predicted molar refractivity (Wildman–Crippen MR) is 58.3 cm³/mol. The van der Waals surface area contributed by atoms with Crippen LogP contribution in [0.2, 0.25) is 0 Å². The monoisotopic (exact) mass is 245 g/mol. The molecule has 17 heavy (non-hydrogen) atoms. The molecule has 0 radical (unpaired) electrons. The van der Waals surface area contributed by atoms with Crippen molar-refractivity contribution in [3.05, 3.63) is 35.9 Å². The highest BCUT2D eigenvalue weighted by Gasteiger charge is 2.34. The Morgan fingerprint density at radius 1 is 1.24 bits per heavy atom. The molecule has 0 amide bonds. The lowest BCUT2D eigenvalue weighted by molar-refractivity contribution is -0.145. The number of nitrogens with two attached hydrogens (primary N) is 1. The van der Waals surface area contributed by atoms with E-state index in [1.807, 2.05) is 0 Å². The normalized spacial score (nSPS) is 15.4. The van der Waals surface area contributed by atoms with Gasteiger partial charge in [-0.15, -0.1) is 0 Å². The minimum Gasteiger partial charge on any atom is -0.315 e. The van der Waals surface area contributed by atoms with Gasteiger partial charge in [0.05, 0.1) is 12.0 Å². The van der Waals surface area contributed by atoms with Crippen molar-refractivity contribution in [1.29, 1.82) is 0 Å². The van der Waals surface area contributed by atoms with Gasteiger partial charge in [0.2, 0.25) is 0 Å². The first-order valence-corrected chi connectivity index (χ1v) is 5.18. The highest BCUT2D eigenvalue weighted by Crippen LogP contribution is 2.26. The summed E-state index contributed by atoms with van der Waals surface area (Å²) in [6.07, 6.45) is -6.06. The molecule has 0 aliphatic carbocycles. The maximum Gasteiger partial charge on any atom is 0.389 e. The first kappa shape index (κ1) is 13.7. The van der Waals surface area contributed by atoms with Crippen LogP contribution in [0, 0.1) is 0 Å². The lowest BCUT2D eigenvalue weighted by Crippen LogP contribution is -2.42. The number of Topliss-reactive ketones (excluding diaryl/α,β-unsaturated/α-hetero) is 1. The summed E-state index contributed by atoms with van der Waals surface area (Å²) >= 11 is 0. The van der Waals surface area contributed by atoms with Gasteiger partial charge in [-0.05, 0) is 12.5 Å². The fraction of sp³-hybridized carbons (Fsp3) is 0.417. The molecule has 1 atom stereocenters. The van der Waals surface area contributed by atoms with Crippen LogP contribution in [-0.2, 0) is 10.3 Å². The number of carbonyl (C=O) groups excluding carboxylic acids is 1. The van der Waals surface area contributed by atoms with Gasteiger partial charge in [-0.3, -0.25) is 4.79 Å². The maximum absolute atomic E-state index is 12.0. The number of hydrogen-bond donors (Lipinski definition) is 1. The molecule has 94 valence electrons. The second kappa shape index (κ2) is 4.87. The lowest BCUT2D eigenvalue weighted by Gasteiger charge is -2.23. The summed E-state index contributed by atoms with van der Waals surface area (Å²) in [6, 6.07) is 8.39. The van der Waals surface area contributed by atoms with E-state index in [1.54, 1.807) is 30.3 Å². The highest BCUT2D eigenvalue weighted by atomic mass is 19.4. The molecule has 1 aromatic carbocycles. The van der Waals surface area contributed by atoms with E-state index in [4.69, 9.17) is 5.73 Å². The zero-order valence-electron chi connectivity index (χ0n) is 9.42. The third-order valence-electron chi connectivity index (χ3n) is 2.59. The zero-order chi connectivity index (χ0) is 13.1. The number of hydrogen-bond acceptors (Lipinski definition) is 2. The molecule has 0 aliphatic heterocycles. The standard InChI is InChI=1S/C12H14F3NO/c1-11(16,9-5-3-2-4-6-9)10(17)7-8-12(13,14)15/h2-6H,7-8,16H2,1H3. The minimum atomic E-state index is -4.33. The van der Waals surface area contributed by atoms with Crippen LogP contribution in [-0.4, -0.2) is 12.0 Å². The van der Waals surface area contributed by atoms with E-state index in [1.165, 1.54) is 6.92 Å². The topological polar surface area (TPSA) is 43.1 Å². The van der Waals surface area contributed by atoms with E-state index in [-0.39, 0.29) is 0 Å². The van der Waals surface area contributed by atoms with Gasteiger partial charge in [-0.2, -0.15) is 13.2 Å². The van der Waals surface area contributed by atoms with Crippen molar-refractivity contribution >= 4 is 5.78 Å². The second-order valence-electron chi connectivity index (χ2n) is 4.11. The Hall–Kier alpha value is -1.36. The highest BCUT2D eigenvalue weighted by molar-refractivity contribution is 5.88. The minimum absolute atomic E-state index is 0.521. The van der Waals surface area contributed by atoms with Crippen molar-refractivity contribution in [3.8, 4) is 0 Å². The van der Waals surface area contributed by atoms with Crippen LogP contribution in [0.3, 0.4) is 0 Å². The molecule has 1 rings (SSSR count). The Bertz CT molecular complexity index is 384. The SMILES string of the molecule is CC(N)(C(=O)CCC(F)(F)F)c1ccccc1. The van der Waals surface area contributed by atoms with E-state index in [0.717, 1.165) is 0 Å². The van der Waals surface area contributed by atoms with Crippen LogP contribution < -0.4 is 5.73 Å². The first-order valence-electron chi connectivity index (χ1n) is 5.18. The molecular weight excluding hydrogens is 231 g/mol. The van der Waals surface area contributed by atoms with Crippen molar-refractivity contribution in [2.45, 2.75) is 31.5 Å². The molecule has 0 saturated heterocycles. The second-order valence-corrected chi connectivity index (χ2v) is 4.11. The lowest BCUT2D eigenvalue weighted by atomic mass is 9.86. The third kappa shape index (κ3) is 3.85. The van der Waals surface area contributed by atoms with E-state index in [9.17, 15) is 18.0 Å². The van der Waals surface area contributed by atoms with Crippen LogP contribution in [0.5, 0.6) is 0 Å². The van der Waals surface area contributed by atoms with Gasteiger partial charge in [0.1, 0.15) is 0 Å². The number of rotatable bonds is 4. The molecule has 1 aromatic rings. The number of ketones is 1. The third-order valence-corrected chi connectivity index (χ3v) is 2.59. The molecule has 0 aromatic heterocycles. The summed E-state index contributed by atoms with van der Waals surface area (Å²) in [6.45, 7) is 1.43. The molecule has 2 N–H and O–H groups in total. The van der Waals surface area contributed by atoms with Crippen LogP contribution in [0.25, 0.3) is 0 Å². The Morgan fingerprint density at radius 2 is 1.76 bits per heavy atom. The summed E-state index contributed by atoms with van der Waals surface area (Å²) in [5.74, 6) is -0.610. The summed E-state index contributed by atoms with van der Waals surface area (Å²) in [7, 11) is 0. The molecule has 0 saturated carbocycles. The molecule has 0 bridgehead atoms. The summed E-state index contributed by atoms with van der Waals surface area (Å²) in [5, 5.41) is 0. The predicted octanol–water partition coefficient (Wildman–Crippen LogP) is 2.77. The molecular formula is C12H14F3NO. The summed E-state index contributed by atoms with van der Waals surface area (Å²) in [5.41, 5.74) is 4.95. The summed E-state index contributed by atoms with van der Waals surface area (Å²) in [4.78, 5) is 11.7. The van der Waals surface area contributed by atoms with Crippen LogP contribution in [0.1, 0.15) is 25.3 Å². The van der Waals surface area contributed by atoms with Crippen molar-refractivity contribution in [2.75, 3.05) is 0 Å². The molecule has 1 unspecified atom stereocenters. The van der Waals surface area contributed by atoms with Crippen LogP contribution in [0.4, 0.5) is 13.2 Å². The summed E-state index contributed by atoms with van der Waals surface area (Å²) < 4.78 is 36.0. The van der Waals surface area contributed by atoms with Crippen LogP contribution in [0.15, 0.2) is 30.3 Å². The van der Waals surface area contributed by atoms with E-state index < -0.39 is 30.3 Å². The fourth-order valence-corrected chi connectivity index (χ4v) is 1.46. The smallest absolute Gasteiger partial charge is 0.315 e. The Labute approximate surface area is 97.6 Å². The number of carbonyl (C=O) groups is 1. The van der Waals surface area contributed by atoms with Gasteiger partial charge in [0, 0.05) is 6.42 Å². The molecule has 0 aliphatic rings. The Morgan fingerprint density at radius 3 is 2.24 bits per heavy atom. The Balaban J connectivity index is 2.74. The van der Waals surface area contributed by atoms with Gasteiger partial charge in [-0.1, -0.05) is 30.3 Å². The van der Waals surface area contributed by atoms with Crippen LogP contribution >= 0.6 is 0 Å².